The summed E-state index contributed by atoms with van der Waals surface area (Å²) in [4.78, 5) is 8.41. The van der Waals surface area contributed by atoms with Gasteiger partial charge in [0, 0.05) is 3.57 Å². The van der Waals surface area contributed by atoms with E-state index in [0.29, 0.717) is 6.61 Å². The zero-order valence-corrected chi connectivity index (χ0v) is 15.6. The molecule has 0 spiro atoms. The van der Waals surface area contributed by atoms with Crippen molar-refractivity contribution in [3.8, 4) is 5.75 Å². The number of para-hydroxylation sites is 1. The SMILES string of the molecule is CCOc1cccc2scnc12.Ic1ccc2ncsc2c1. The normalized spacial score (nSPS) is 10.5. The Morgan fingerprint density at radius 2 is 1.86 bits per heavy atom. The van der Waals surface area contributed by atoms with Gasteiger partial charge in [0.2, 0.25) is 0 Å². The Balaban J connectivity index is 0.000000133. The van der Waals surface area contributed by atoms with E-state index in [4.69, 9.17) is 4.74 Å². The first-order chi connectivity index (χ1) is 10.8. The van der Waals surface area contributed by atoms with Crippen LogP contribution >= 0.6 is 45.3 Å². The summed E-state index contributed by atoms with van der Waals surface area (Å²) >= 11 is 5.63. The number of nitrogens with zero attached hydrogens (tertiary/aromatic N) is 2. The molecule has 3 nitrogen and oxygen atoms in total. The van der Waals surface area contributed by atoms with Gasteiger partial charge in [-0.2, -0.15) is 0 Å². The van der Waals surface area contributed by atoms with Gasteiger partial charge in [0.15, 0.2) is 0 Å². The second-order valence-electron chi connectivity index (χ2n) is 4.35. The number of hydrogen-bond donors (Lipinski definition) is 0. The van der Waals surface area contributed by atoms with Gasteiger partial charge in [-0.3, -0.25) is 0 Å². The van der Waals surface area contributed by atoms with Gasteiger partial charge in [-0.25, -0.2) is 9.97 Å². The van der Waals surface area contributed by atoms with E-state index in [1.54, 1.807) is 22.7 Å². The molecule has 112 valence electrons. The maximum atomic E-state index is 5.42. The number of hydrogen-bond acceptors (Lipinski definition) is 5. The molecule has 0 saturated heterocycles. The molecule has 0 aliphatic carbocycles. The predicted octanol–water partition coefficient (Wildman–Crippen LogP) is 5.60. The average Bonchev–Trinajstić information content (AvgIpc) is 3.16. The number of aromatic nitrogens is 2. The van der Waals surface area contributed by atoms with Gasteiger partial charge in [-0.1, -0.05) is 6.07 Å². The minimum Gasteiger partial charge on any atom is -0.492 e. The molecule has 0 atom stereocenters. The van der Waals surface area contributed by atoms with Crippen molar-refractivity contribution in [2.24, 2.45) is 0 Å². The van der Waals surface area contributed by atoms with Gasteiger partial charge >= 0.3 is 0 Å². The van der Waals surface area contributed by atoms with E-state index < -0.39 is 0 Å². The van der Waals surface area contributed by atoms with Gasteiger partial charge < -0.3 is 4.74 Å². The molecule has 2 aromatic heterocycles. The first-order valence-corrected chi connectivity index (χ1v) is 9.55. The van der Waals surface area contributed by atoms with Gasteiger partial charge in [0.1, 0.15) is 11.3 Å². The summed E-state index contributed by atoms with van der Waals surface area (Å²) in [7, 11) is 0. The predicted molar refractivity (Wildman–Crippen MR) is 103 cm³/mol. The number of rotatable bonds is 2. The van der Waals surface area contributed by atoms with Gasteiger partial charge in [0.25, 0.3) is 0 Å². The molecule has 0 aliphatic rings. The highest BCUT2D eigenvalue weighted by Crippen LogP contribution is 2.26. The van der Waals surface area contributed by atoms with Crippen LogP contribution in [0.1, 0.15) is 6.92 Å². The molecule has 2 aromatic carbocycles. The average molecular weight is 440 g/mol. The second kappa shape index (κ2) is 7.34. The van der Waals surface area contributed by atoms with Crippen LogP contribution in [0.2, 0.25) is 0 Å². The molecule has 0 saturated carbocycles. The fourth-order valence-electron chi connectivity index (χ4n) is 1.96. The maximum absolute atomic E-state index is 5.42. The summed E-state index contributed by atoms with van der Waals surface area (Å²) < 4.78 is 9.15. The summed E-state index contributed by atoms with van der Waals surface area (Å²) in [5.41, 5.74) is 5.79. The minimum atomic E-state index is 0.691. The van der Waals surface area contributed by atoms with Crippen LogP contribution in [0.15, 0.2) is 47.4 Å². The van der Waals surface area contributed by atoms with Gasteiger partial charge in [-0.15, -0.1) is 22.7 Å². The molecule has 4 aromatic rings. The molecule has 0 aliphatic heterocycles. The van der Waals surface area contributed by atoms with Crippen molar-refractivity contribution in [2.45, 2.75) is 6.92 Å². The first kappa shape index (κ1) is 15.6. The lowest BCUT2D eigenvalue weighted by atomic mass is 10.3. The molecule has 2 heterocycles. The fraction of sp³-hybridized carbons (Fsp3) is 0.125. The monoisotopic (exact) mass is 440 g/mol. The Bertz CT molecular complexity index is 888. The highest BCUT2D eigenvalue weighted by Gasteiger charge is 2.02. The third-order valence-electron chi connectivity index (χ3n) is 2.92. The Kier molecular flexibility index (Phi) is 5.22. The molecule has 0 fully saturated rings. The summed E-state index contributed by atoms with van der Waals surface area (Å²) in [5, 5.41) is 0. The standard InChI is InChI=1S/C9H9NOS.C7H4INS/c1-2-11-7-4-3-5-8-9(7)10-6-12-8;8-5-1-2-6-7(3-5)10-4-9-6/h3-6H,2H2,1H3;1-4H. The van der Waals surface area contributed by atoms with E-state index in [1.807, 2.05) is 36.1 Å². The number of halogens is 1. The second-order valence-corrected chi connectivity index (χ2v) is 7.37. The molecular formula is C16H13IN2OS2. The maximum Gasteiger partial charge on any atom is 0.146 e. The van der Waals surface area contributed by atoms with E-state index in [2.05, 4.69) is 50.8 Å². The van der Waals surface area contributed by atoms with Crippen LogP contribution in [-0.2, 0) is 0 Å². The Hall–Kier alpha value is -1.25. The summed E-state index contributed by atoms with van der Waals surface area (Å²) in [5.74, 6) is 0.885. The summed E-state index contributed by atoms with van der Waals surface area (Å²) in [6.07, 6.45) is 0. The Morgan fingerprint density at radius 1 is 1.05 bits per heavy atom. The van der Waals surface area contributed by atoms with Crippen molar-refractivity contribution in [3.05, 3.63) is 51.0 Å². The van der Waals surface area contributed by atoms with E-state index >= 15 is 0 Å². The number of thiazole rings is 2. The highest BCUT2D eigenvalue weighted by molar-refractivity contribution is 14.1. The largest absolute Gasteiger partial charge is 0.492 e. The molecule has 0 N–H and O–H groups in total. The minimum absolute atomic E-state index is 0.691. The first-order valence-electron chi connectivity index (χ1n) is 6.71. The number of ether oxygens (including phenoxy) is 1. The topological polar surface area (TPSA) is 35.0 Å². The van der Waals surface area contributed by atoms with Crippen LogP contribution in [-0.4, -0.2) is 16.6 Å². The summed E-state index contributed by atoms with van der Waals surface area (Å²) in [6, 6.07) is 12.3. The van der Waals surface area contributed by atoms with Crippen LogP contribution in [0.5, 0.6) is 5.75 Å². The smallest absolute Gasteiger partial charge is 0.146 e. The van der Waals surface area contributed by atoms with Gasteiger partial charge in [-0.05, 0) is 59.8 Å². The Labute approximate surface area is 150 Å². The lowest BCUT2D eigenvalue weighted by molar-refractivity contribution is 0.344. The lowest BCUT2D eigenvalue weighted by Gasteiger charge is -2.01. The van der Waals surface area contributed by atoms with E-state index in [1.165, 1.54) is 13.0 Å². The van der Waals surface area contributed by atoms with E-state index in [0.717, 1.165) is 16.8 Å². The van der Waals surface area contributed by atoms with E-state index in [9.17, 15) is 0 Å². The zero-order valence-electron chi connectivity index (χ0n) is 11.8. The van der Waals surface area contributed by atoms with Crippen LogP contribution in [0, 0.1) is 3.57 Å². The molecule has 6 heteroatoms. The molecular weight excluding hydrogens is 427 g/mol. The number of benzene rings is 2. The van der Waals surface area contributed by atoms with Crippen molar-refractivity contribution >= 4 is 65.7 Å². The summed E-state index contributed by atoms with van der Waals surface area (Å²) in [6.45, 7) is 2.67. The quantitative estimate of drug-likeness (QED) is 0.381. The Morgan fingerprint density at radius 3 is 2.73 bits per heavy atom. The fourth-order valence-corrected chi connectivity index (χ4v) is 4.07. The van der Waals surface area contributed by atoms with Crippen molar-refractivity contribution in [1.82, 2.24) is 9.97 Å². The molecule has 22 heavy (non-hydrogen) atoms. The molecule has 0 bridgehead atoms. The molecule has 0 radical (unpaired) electrons. The zero-order chi connectivity index (χ0) is 15.4. The van der Waals surface area contributed by atoms with Crippen molar-refractivity contribution in [3.63, 3.8) is 0 Å². The lowest BCUT2D eigenvalue weighted by Crippen LogP contribution is -1.91. The van der Waals surface area contributed by atoms with Crippen LogP contribution < -0.4 is 4.74 Å². The van der Waals surface area contributed by atoms with Crippen LogP contribution in [0.25, 0.3) is 20.4 Å². The van der Waals surface area contributed by atoms with Crippen molar-refractivity contribution in [2.75, 3.05) is 6.61 Å². The van der Waals surface area contributed by atoms with E-state index in [-0.39, 0.29) is 0 Å². The third kappa shape index (κ3) is 3.56. The molecule has 0 unspecified atom stereocenters. The highest BCUT2D eigenvalue weighted by atomic mass is 127. The third-order valence-corrected chi connectivity index (χ3v) is 5.17. The molecule has 0 amide bonds. The van der Waals surface area contributed by atoms with Gasteiger partial charge in [0.05, 0.1) is 32.5 Å². The van der Waals surface area contributed by atoms with Crippen molar-refractivity contribution in [1.29, 1.82) is 0 Å². The van der Waals surface area contributed by atoms with Crippen LogP contribution in [0.4, 0.5) is 0 Å². The van der Waals surface area contributed by atoms with Crippen LogP contribution in [0.3, 0.4) is 0 Å². The molecule has 4 rings (SSSR count). The van der Waals surface area contributed by atoms with Crippen molar-refractivity contribution < 1.29 is 4.74 Å². The number of fused-ring (bicyclic) bond motifs is 2.